The number of anilines is 2. The maximum Gasteiger partial charge on any atom is 0.243 e. The summed E-state index contributed by atoms with van der Waals surface area (Å²) in [5.41, 5.74) is 1.30. The first-order valence-electron chi connectivity index (χ1n) is 10.6. The number of benzene rings is 2. The first-order valence-corrected chi connectivity index (χ1v) is 12.1. The van der Waals surface area contributed by atoms with Gasteiger partial charge in [0, 0.05) is 36.9 Å². The molecule has 0 radical (unpaired) electrons. The zero-order valence-corrected chi connectivity index (χ0v) is 18.3. The van der Waals surface area contributed by atoms with Gasteiger partial charge in [0.2, 0.25) is 21.8 Å². The van der Waals surface area contributed by atoms with Gasteiger partial charge in [-0.25, -0.2) is 8.42 Å². The van der Waals surface area contributed by atoms with Gasteiger partial charge in [0.1, 0.15) is 0 Å². The maximum atomic E-state index is 12.9. The Bertz CT molecular complexity index is 1050. The molecule has 2 fully saturated rings. The SMILES string of the molecule is C[C@@H]1CCCCN1S(=O)(=O)c1ccc(NC(=O)[C@@H]2CC(=O)N(c3ccccc3)C2)cc1. The Balaban J connectivity index is 1.41. The van der Waals surface area contributed by atoms with Crippen LogP contribution in [-0.2, 0) is 19.6 Å². The average molecular weight is 442 g/mol. The van der Waals surface area contributed by atoms with E-state index in [1.54, 1.807) is 21.3 Å². The Morgan fingerprint density at radius 2 is 1.74 bits per heavy atom. The minimum Gasteiger partial charge on any atom is -0.326 e. The van der Waals surface area contributed by atoms with E-state index >= 15 is 0 Å². The lowest BCUT2D eigenvalue weighted by Crippen LogP contribution is -2.41. The Labute approximate surface area is 183 Å². The molecule has 2 aromatic rings. The van der Waals surface area contributed by atoms with Crippen LogP contribution in [0.4, 0.5) is 11.4 Å². The molecule has 2 amide bonds. The van der Waals surface area contributed by atoms with Crippen molar-refractivity contribution in [1.29, 1.82) is 0 Å². The molecule has 2 aromatic carbocycles. The van der Waals surface area contributed by atoms with Gasteiger partial charge in [0.15, 0.2) is 0 Å². The Morgan fingerprint density at radius 1 is 1.03 bits per heavy atom. The van der Waals surface area contributed by atoms with Crippen LogP contribution in [0.15, 0.2) is 59.5 Å². The normalized spacial score (nSPS) is 22.5. The summed E-state index contributed by atoms with van der Waals surface area (Å²) in [5, 5.41) is 2.82. The number of sulfonamides is 1. The molecule has 8 heteroatoms. The highest BCUT2D eigenvalue weighted by Gasteiger charge is 2.35. The van der Waals surface area contributed by atoms with Crippen LogP contribution >= 0.6 is 0 Å². The fourth-order valence-corrected chi connectivity index (χ4v) is 5.96. The molecule has 2 aliphatic heterocycles. The number of hydrogen-bond donors (Lipinski definition) is 1. The van der Waals surface area contributed by atoms with Crippen molar-refractivity contribution in [2.45, 2.75) is 43.5 Å². The smallest absolute Gasteiger partial charge is 0.243 e. The number of amides is 2. The largest absolute Gasteiger partial charge is 0.326 e. The van der Waals surface area contributed by atoms with Crippen LogP contribution in [0.3, 0.4) is 0 Å². The van der Waals surface area contributed by atoms with Crippen molar-refractivity contribution in [1.82, 2.24) is 4.31 Å². The first-order chi connectivity index (χ1) is 14.9. The van der Waals surface area contributed by atoms with Crippen LogP contribution in [0.5, 0.6) is 0 Å². The van der Waals surface area contributed by atoms with Crippen LogP contribution in [-0.4, -0.2) is 43.7 Å². The minimum atomic E-state index is -3.55. The summed E-state index contributed by atoms with van der Waals surface area (Å²) < 4.78 is 27.4. The highest BCUT2D eigenvalue weighted by Crippen LogP contribution is 2.28. The van der Waals surface area contributed by atoms with E-state index in [9.17, 15) is 18.0 Å². The van der Waals surface area contributed by atoms with Gasteiger partial charge in [0.25, 0.3) is 0 Å². The number of rotatable bonds is 5. The molecule has 0 aromatic heterocycles. The van der Waals surface area contributed by atoms with Gasteiger partial charge in [-0.15, -0.1) is 0 Å². The van der Waals surface area contributed by atoms with E-state index in [1.807, 2.05) is 37.3 Å². The van der Waals surface area contributed by atoms with Gasteiger partial charge in [-0.2, -0.15) is 4.31 Å². The van der Waals surface area contributed by atoms with Crippen LogP contribution in [0.2, 0.25) is 0 Å². The Hall–Kier alpha value is -2.71. The molecule has 2 atom stereocenters. The monoisotopic (exact) mass is 441 g/mol. The molecule has 164 valence electrons. The molecule has 0 unspecified atom stereocenters. The van der Waals surface area contributed by atoms with Crippen molar-refractivity contribution in [2.24, 2.45) is 5.92 Å². The summed E-state index contributed by atoms with van der Waals surface area (Å²) >= 11 is 0. The van der Waals surface area contributed by atoms with E-state index in [0.717, 1.165) is 24.9 Å². The van der Waals surface area contributed by atoms with E-state index in [-0.39, 0.29) is 29.2 Å². The van der Waals surface area contributed by atoms with Crippen molar-refractivity contribution < 1.29 is 18.0 Å². The lowest BCUT2D eigenvalue weighted by Gasteiger charge is -2.32. The molecule has 2 aliphatic rings. The van der Waals surface area contributed by atoms with Crippen molar-refractivity contribution in [3.8, 4) is 0 Å². The van der Waals surface area contributed by atoms with E-state index in [4.69, 9.17) is 0 Å². The average Bonchev–Trinajstić information content (AvgIpc) is 3.17. The van der Waals surface area contributed by atoms with Crippen LogP contribution in [0.25, 0.3) is 0 Å². The molecular weight excluding hydrogens is 414 g/mol. The second kappa shape index (κ2) is 8.80. The molecule has 0 aliphatic carbocycles. The third kappa shape index (κ3) is 4.50. The molecule has 1 N–H and O–H groups in total. The van der Waals surface area contributed by atoms with Gasteiger partial charge in [-0.05, 0) is 56.2 Å². The van der Waals surface area contributed by atoms with E-state index < -0.39 is 15.9 Å². The summed E-state index contributed by atoms with van der Waals surface area (Å²) in [6.45, 7) is 2.80. The molecule has 2 heterocycles. The second-order valence-corrected chi connectivity index (χ2v) is 10.1. The predicted molar refractivity (Wildman–Crippen MR) is 119 cm³/mol. The van der Waals surface area contributed by atoms with Gasteiger partial charge >= 0.3 is 0 Å². The lowest BCUT2D eigenvalue weighted by atomic mass is 10.1. The summed E-state index contributed by atoms with van der Waals surface area (Å²) in [5.74, 6) is -0.777. The fourth-order valence-electron chi connectivity index (χ4n) is 4.26. The quantitative estimate of drug-likeness (QED) is 0.772. The van der Waals surface area contributed by atoms with E-state index in [1.165, 1.54) is 12.1 Å². The highest BCUT2D eigenvalue weighted by atomic mass is 32.2. The topological polar surface area (TPSA) is 86.8 Å². The summed E-state index contributed by atoms with van der Waals surface area (Å²) in [7, 11) is -3.55. The maximum absolute atomic E-state index is 12.9. The number of nitrogens with zero attached hydrogens (tertiary/aromatic N) is 2. The van der Waals surface area contributed by atoms with Gasteiger partial charge in [0.05, 0.1) is 10.8 Å². The third-order valence-electron chi connectivity index (χ3n) is 6.03. The minimum absolute atomic E-state index is 0.00871. The number of para-hydroxylation sites is 1. The fraction of sp³-hybridized carbons (Fsp3) is 0.391. The number of hydrogen-bond acceptors (Lipinski definition) is 4. The van der Waals surface area contributed by atoms with E-state index in [0.29, 0.717) is 18.8 Å². The number of carbonyl (C=O) groups excluding carboxylic acids is 2. The van der Waals surface area contributed by atoms with Crippen molar-refractivity contribution in [2.75, 3.05) is 23.3 Å². The molecule has 0 bridgehead atoms. The van der Waals surface area contributed by atoms with Crippen molar-refractivity contribution >= 4 is 33.2 Å². The predicted octanol–water partition coefficient (Wildman–Crippen LogP) is 3.24. The number of carbonyl (C=O) groups is 2. The van der Waals surface area contributed by atoms with Gasteiger partial charge in [-0.1, -0.05) is 24.6 Å². The molecule has 4 rings (SSSR count). The molecule has 2 saturated heterocycles. The van der Waals surface area contributed by atoms with E-state index in [2.05, 4.69) is 5.32 Å². The third-order valence-corrected chi connectivity index (χ3v) is 8.06. The van der Waals surface area contributed by atoms with Gasteiger partial charge in [-0.3, -0.25) is 9.59 Å². The molecular formula is C23H27N3O4S. The molecule has 7 nitrogen and oxygen atoms in total. The van der Waals surface area contributed by atoms with Crippen LogP contribution in [0.1, 0.15) is 32.6 Å². The van der Waals surface area contributed by atoms with Crippen molar-refractivity contribution in [3.05, 3.63) is 54.6 Å². The lowest BCUT2D eigenvalue weighted by molar-refractivity contribution is -0.122. The number of piperidine rings is 1. The second-order valence-electron chi connectivity index (χ2n) is 8.22. The first kappa shape index (κ1) is 21.5. The summed E-state index contributed by atoms with van der Waals surface area (Å²) in [4.78, 5) is 26.9. The number of nitrogens with one attached hydrogen (secondary N) is 1. The summed E-state index contributed by atoms with van der Waals surface area (Å²) in [6, 6.07) is 15.5. The van der Waals surface area contributed by atoms with Crippen LogP contribution in [0, 0.1) is 5.92 Å². The molecule has 31 heavy (non-hydrogen) atoms. The molecule has 0 spiro atoms. The van der Waals surface area contributed by atoms with Crippen molar-refractivity contribution in [3.63, 3.8) is 0 Å². The Kier molecular flexibility index (Phi) is 6.11. The Morgan fingerprint density at radius 3 is 2.42 bits per heavy atom. The molecule has 0 saturated carbocycles. The standard InChI is InChI=1S/C23H27N3O4S/c1-17-7-5-6-14-26(17)31(29,30)21-12-10-19(11-13-21)24-23(28)18-15-22(27)25(16-18)20-8-3-2-4-9-20/h2-4,8-13,17-18H,5-7,14-16H2,1H3,(H,24,28)/t17-,18-/m1/s1. The summed E-state index contributed by atoms with van der Waals surface area (Å²) in [6.07, 6.45) is 2.94. The zero-order valence-electron chi connectivity index (χ0n) is 17.5. The van der Waals surface area contributed by atoms with Gasteiger partial charge < -0.3 is 10.2 Å². The highest BCUT2D eigenvalue weighted by molar-refractivity contribution is 7.89. The van der Waals surface area contributed by atoms with Crippen LogP contribution < -0.4 is 10.2 Å². The zero-order chi connectivity index (χ0) is 22.0.